The van der Waals surface area contributed by atoms with E-state index in [1.165, 1.54) is 5.56 Å². The number of carbonyl (C=O) groups excluding carboxylic acids is 1. The summed E-state index contributed by atoms with van der Waals surface area (Å²) in [5.41, 5.74) is 1.37. The van der Waals surface area contributed by atoms with Gasteiger partial charge in [0.2, 0.25) is 0 Å². The molecule has 0 radical (unpaired) electrons. The van der Waals surface area contributed by atoms with Gasteiger partial charge in [-0.2, -0.15) is 0 Å². The number of benzene rings is 1. The third-order valence-corrected chi connectivity index (χ3v) is 3.72. The topological polar surface area (TPSA) is 29.5 Å². The zero-order chi connectivity index (χ0) is 13.5. The molecule has 0 amide bonds. The molecule has 0 atom stereocenters. The van der Waals surface area contributed by atoms with Crippen molar-refractivity contribution in [3.63, 3.8) is 0 Å². The van der Waals surface area contributed by atoms with Crippen LogP contribution in [-0.4, -0.2) is 42.5 Å². The van der Waals surface area contributed by atoms with E-state index < -0.39 is 0 Å². The highest BCUT2D eigenvalue weighted by molar-refractivity contribution is 6.26. The van der Waals surface area contributed by atoms with Crippen molar-refractivity contribution in [1.82, 2.24) is 4.90 Å². The largest absolute Gasteiger partial charge is 0.461 e. The monoisotopic (exact) mass is 317 g/mol. The molecule has 0 bridgehead atoms. The standard InChI is InChI=1S/C15H20ClNO2.ClH/c16-12-15(18)19-14-7-10-17(11-8-14)9-6-13-4-2-1-3-5-13;/h1-5,14H,6-12H2;1H. The van der Waals surface area contributed by atoms with E-state index in [0.717, 1.165) is 38.9 Å². The maximum absolute atomic E-state index is 11.1. The number of rotatable bonds is 5. The highest BCUT2D eigenvalue weighted by Crippen LogP contribution is 2.14. The van der Waals surface area contributed by atoms with E-state index in [-0.39, 0.29) is 30.4 Å². The number of halogens is 2. The van der Waals surface area contributed by atoms with Gasteiger partial charge in [0.25, 0.3) is 0 Å². The Labute approximate surface area is 131 Å². The van der Waals surface area contributed by atoms with Crippen LogP contribution < -0.4 is 0 Å². The van der Waals surface area contributed by atoms with Crippen molar-refractivity contribution in [2.24, 2.45) is 0 Å². The van der Waals surface area contributed by atoms with Gasteiger partial charge < -0.3 is 9.64 Å². The molecule has 112 valence electrons. The fraction of sp³-hybridized carbons (Fsp3) is 0.533. The summed E-state index contributed by atoms with van der Waals surface area (Å²) in [6, 6.07) is 10.5. The van der Waals surface area contributed by atoms with Crippen molar-refractivity contribution in [1.29, 1.82) is 0 Å². The molecule has 0 aromatic heterocycles. The van der Waals surface area contributed by atoms with Crippen LogP contribution in [0.2, 0.25) is 0 Å². The number of carbonyl (C=O) groups is 1. The molecule has 0 N–H and O–H groups in total. The molecule has 3 nitrogen and oxygen atoms in total. The van der Waals surface area contributed by atoms with E-state index in [1.54, 1.807) is 0 Å². The number of hydrogen-bond acceptors (Lipinski definition) is 3. The lowest BCUT2D eigenvalue weighted by Gasteiger charge is -2.31. The Morgan fingerprint density at radius 2 is 1.90 bits per heavy atom. The van der Waals surface area contributed by atoms with Gasteiger partial charge >= 0.3 is 5.97 Å². The molecule has 0 saturated carbocycles. The predicted molar refractivity (Wildman–Crippen MR) is 83.7 cm³/mol. The van der Waals surface area contributed by atoms with Gasteiger partial charge in [0.15, 0.2) is 0 Å². The Kier molecular flexibility index (Phi) is 7.97. The number of nitrogens with zero attached hydrogens (tertiary/aromatic N) is 1. The molecule has 1 fully saturated rings. The lowest BCUT2D eigenvalue weighted by molar-refractivity contribution is -0.148. The molecule has 1 aromatic rings. The van der Waals surface area contributed by atoms with Crippen molar-refractivity contribution >= 4 is 30.0 Å². The summed E-state index contributed by atoms with van der Waals surface area (Å²) in [7, 11) is 0. The first kappa shape index (κ1) is 17.3. The number of hydrogen-bond donors (Lipinski definition) is 0. The van der Waals surface area contributed by atoms with Crippen LogP contribution in [0.15, 0.2) is 30.3 Å². The molecule has 5 heteroatoms. The summed E-state index contributed by atoms with van der Waals surface area (Å²) < 4.78 is 5.25. The SMILES string of the molecule is Cl.O=C(CCl)OC1CCN(CCc2ccccc2)CC1. The molecule has 0 spiro atoms. The molecule has 20 heavy (non-hydrogen) atoms. The molecule has 0 aliphatic carbocycles. The smallest absolute Gasteiger partial charge is 0.321 e. The Balaban J connectivity index is 0.00000200. The van der Waals surface area contributed by atoms with Gasteiger partial charge in [0, 0.05) is 19.6 Å². The minimum atomic E-state index is -0.301. The second kappa shape index (κ2) is 9.22. The summed E-state index contributed by atoms with van der Waals surface area (Å²) in [5, 5.41) is 0. The van der Waals surface area contributed by atoms with Crippen LogP contribution in [0.25, 0.3) is 0 Å². The summed E-state index contributed by atoms with van der Waals surface area (Å²) >= 11 is 5.43. The number of piperidine rings is 1. The summed E-state index contributed by atoms with van der Waals surface area (Å²) in [6.07, 6.45) is 2.96. The molecular weight excluding hydrogens is 297 g/mol. The van der Waals surface area contributed by atoms with Gasteiger partial charge in [0.05, 0.1) is 0 Å². The van der Waals surface area contributed by atoms with Gasteiger partial charge in [-0.1, -0.05) is 30.3 Å². The van der Waals surface area contributed by atoms with Crippen LogP contribution in [-0.2, 0) is 16.0 Å². The van der Waals surface area contributed by atoms with Crippen molar-refractivity contribution in [2.45, 2.75) is 25.4 Å². The van der Waals surface area contributed by atoms with Gasteiger partial charge in [-0.3, -0.25) is 4.79 Å². The second-order valence-electron chi connectivity index (χ2n) is 4.90. The van der Waals surface area contributed by atoms with E-state index in [9.17, 15) is 4.79 Å². The van der Waals surface area contributed by atoms with Crippen molar-refractivity contribution < 1.29 is 9.53 Å². The zero-order valence-electron chi connectivity index (χ0n) is 11.5. The molecule has 2 rings (SSSR count). The minimum Gasteiger partial charge on any atom is -0.461 e. The molecule has 1 heterocycles. The number of likely N-dealkylation sites (tertiary alicyclic amines) is 1. The van der Waals surface area contributed by atoms with Gasteiger partial charge in [-0.15, -0.1) is 24.0 Å². The molecule has 1 aromatic carbocycles. The van der Waals surface area contributed by atoms with E-state index in [0.29, 0.717) is 0 Å². The lowest BCUT2D eigenvalue weighted by Crippen LogP contribution is -2.39. The zero-order valence-corrected chi connectivity index (χ0v) is 13.0. The number of ether oxygens (including phenoxy) is 1. The Morgan fingerprint density at radius 3 is 2.50 bits per heavy atom. The average molecular weight is 318 g/mol. The van der Waals surface area contributed by atoms with Gasteiger partial charge in [-0.25, -0.2) is 0 Å². The quantitative estimate of drug-likeness (QED) is 0.617. The van der Waals surface area contributed by atoms with Crippen LogP contribution in [0.3, 0.4) is 0 Å². The van der Waals surface area contributed by atoms with Crippen LogP contribution in [0, 0.1) is 0 Å². The highest BCUT2D eigenvalue weighted by atomic mass is 35.5. The van der Waals surface area contributed by atoms with Crippen molar-refractivity contribution in [3.8, 4) is 0 Å². The Bertz CT molecular complexity index is 392. The highest BCUT2D eigenvalue weighted by Gasteiger charge is 2.21. The minimum absolute atomic E-state index is 0. The maximum Gasteiger partial charge on any atom is 0.321 e. The molecule has 1 aliphatic rings. The van der Waals surface area contributed by atoms with E-state index in [1.807, 2.05) is 6.07 Å². The van der Waals surface area contributed by atoms with Crippen LogP contribution in [0.1, 0.15) is 18.4 Å². The summed E-state index contributed by atoms with van der Waals surface area (Å²) in [6.45, 7) is 3.06. The molecule has 0 unspecified atom stereocenters. The first-order valence-electron chi connectivity index (χ1n) is 6.79. The fourth-order valence-electron chi connectivity index (χ4n) is 2.40. The Hall–Kier alpha value is -0.770. The third kappa shape index (κ3) is 5.70. The first-order valence-corrected chi connectivity index (χ1v) is 7.33. The lowest BCUT2D eigenvalue weighted by atomic mass is 10.1. The van der Waals surface area contributed by atoms with E-state index in [2.05, 4.69) is 29.2 Å². The van der Waals surface area contributed by atoms with E-state index >= 15 is 0 Å². The average Bonchev–Trinajstić information content (AvgIpc) is 2.47. The normalized spacial score (nSPS) is 16.4. The fourth-order valence-corrected chi connectivity index (χ4v) is 2.46. The molecular formula is C15H21Cl2NO2. The van der Waals surface area contributed by atoms with Crippen LogP contribution in [0.4, 0.5) is 0 Å². The molecule has 1 saturated heterocycles. The van der Waals surface area contributed by atoms with E-state index in [4.69, 9.17) is 16.3 Å². The van der Waals surface area contributed by atoms with Gasteiger partial charge in [0.1, 0.15) is 12.0 Å². The van der Waals surface area contributed by atoms with Crippen molar-refractivity contribution in [3.05, 3.63) is 35.9 Å². The van der Waals surface area contributed by atoms with Crippen LogP contribution >= 0.6 is 24.0 Å². The van der Waals surface area contributed by atoms with Crippen LogP contribution in [0.5, 0.6) is 0 Å². The third-order valence-electron chi connectivity index (χ3n) is 3.50. The Morgan fingerprint density at radius 1 is 1.25 bits per heavy atom. The predicted octanol–water partition coefficient (Wildman–Crippen LogP) is 2.90. The summed E-state index contributed by atoms with van der Waals surface area (Å²) in [5.74, 6) is -0.349. The first-order chi connectivity index (χ1) is 9.28. The summed E-state index contributed by atoms with van der Waals surface area (Å²) in [4.78, 5) is 13.5. The van der Waals surface area contributed by atoms with Gasteiger partial charge in [-0.05, 0) is 24.8 Å². The number of alkyl halides is 1. The number of esters is 1. The van der Waals surface area contributed by atoms with Crippen molar-refractivity contribution in [2.75, 3.05) is 25.5 Å². The molecule has 1 aliphatic heterocycles. The maximum atomic E-state index is 11.1. The second-order valence-corrected chi connectivity index (χ2v) is 5.17.